The summed E-state index contributed by atoms with van der Waals surface area (Å²) in [6.45, 7) is 4.47. The molecule has 1 N–H and O–H groups in total. The first-order valence-corrected chi connectivity index (χ1v) is 7.54. The molecule has 1 aliphatic rings. The van der Waals surface area contributed by atoms with Crippen LogP contribution in [-0.4, -0.2) is 29.1 Å². The summed E-state index contributed by atoms with van der Waals surface area (Å²) in [7, 11) is -2.14. The van der Waals surface area contributed by atoms with E-state index in [9.17, 15) is 4.57 Å². The largest absolute Gasteiger partial charge is 0.319 e. The first kappa shape index (κ1) is 14.5. The molecule has 0 radical (unpaired) electrons. The molecule has 84 valence electrons. The standard InChI is InChI=1S/C4H11O3P.C3H5NS2/c1-3-6-8(5)7-4-2;4-3-5-1-2-6-3/h8H,3-4H2,1-2H3;4H,1-2H2. The molecule has 1 fully saturated rings. The Hall–Kier alpha value is 0.520. The van der Waals surface area contributed by atoms with E-state index in [1.165, 1.54) is 0 Å². The Morgan fingerprint density at radius 2 is 1.71 bits per heavy atom. The van der Waals surface area contributed by atoms with Crippen molar-refractivity contribution in [3.05, 3.63) is 0 Å². The lowest BCUT2D eigenvalue weighted by Crippen LogP contribution is -1.81. The summed E-state index contributed by atoms with van der Waals surface area (Å²) in [4.78, 5) is 0. The zero-order valence-electron chi connectivity index (χ0n) is 8.37. The topological polar surface area (TPSA) is 59.4 Å². The Balaban J connectivity index is 0.000000249. The minimum atomic E-state index is -2.14. The fourth-order valence-electron chi connectivity index (χ4n) is 0.588. The van der Waals surface area contributed by atoms with Gasteiger partial charge in [-0.1, -0.05) is 23.5 Å². The molecule has 0 atom stereocenters. The van der Waals surface area contributed by atoms with Crippen LogP contribution in [0.5, 0.6) is 0 Å². The second-order valence-corrected chi connectivity index (χ2v) is 5.65. The number of hydrogen-bond acceptors (Lipinski definition) is 6. The van der Waals surface area contributed by atoms with Gasteiger partial charge in [0.05, 0.1) is 13.2 Å². The van der Waals surface area contributed by atoms with Crippen molar-refractivity contribution in [2.24, 2.45) is 0 Å². The lowest BCUT2D eigenvalue weighted by atomic mass is 10.9. The smallest absolute Gasteiger partial charge is 0.311 e. The van der Waals surface area contributed by atoms with Crippen LogP contribution in [0.2, 0.25) is 0 Å². The Bertz CT molecular complexity index is 176. The Morgan fingerprint density at radius 3 is 1.93 bits per heavy atom. The molecule has 0 aliphatic carbocycles. The summed E-state index contributed by atoms with van der Waals surface area (Å²) in [5.41, 5.74) is 0. The molecule has 0 spiro atoms. The highest BCUT2D eigenvalue weighted by atomic mass is 32.2. The third-order valence-corrected chi connectivity index (χ3v) is 4.43. The summed E-state index contributed by atoms with van der Waals surface area (Å²) in [5.74, 6) is 2.28. The number of thioether (sulfide) groups is 2. The van der Waals surface area contributed by atoms with Crippen molar-refractivity contribution >= 4 is 36.2 Å². The van der Waals surface area contributed by atoms with Gasteiger partial charge in [-0.3, -0.25) is 9.97 Å². The van der Waals surface area contributed by atoms with Crippen LogP contribution in [0.1, 0.15) is 13.8 Å². The van der Waals surface area contributed by atoms with Crippen LogP contribution in [-0.2, 0) is 13.6 Å². The van der Waals surface area contributed by atoms with Crippen LogP contribution in [0.3, 0.4) is 0 Å². The van der Waals surface area contributed by atoms with Gasteiger partial charge in [-0.15, -0.1) is 0 Å². The van der Waals surface area contributed by atoms with Gasteiger partial charge in [0.2, 0.25) is 0 Å². The van der Waals surface area contributed by atoms with Crippen molar-refractivity contribution in [1.82, 2.24) is 0 Å². The molecule has 0 aromatic rings. The minimum absolute atomic E-state index is 0.456. The molecule has 1 rings (SSSR count). The van der Waals surface area contributed by atoms with E-state index >= 15 is 0 Å². The normalized spacial score (nSPS) is 15.5. The van der Waals surface area contributed by atoms with Crippen molar-refractivity contribution in [3.8, 4) is 0 Å². The van der Waals surface area contributed by atoms with Crippen LogP contribution < -0.4 is 0 Å². The molecule has 14 heavy (non-hydrogen) atoms. The Morgan fingerprint density at radius 1 is 1.29 bits per heavy atom. The zero-order chi connectivity index (χ0) is 10.8. The van der Waals surface area contributed by atoms with Crippen LogP contribution in [0.4, 0.5) is 0 Å². The summed E-state index contributed by atoms with van der Waals surface area (Å²) in [5, 5.41) is 6.97. The molecule has 1 saturated heterocycles. The SMILES string of the molecule is CCO[PH](=O)OCC.N=C1SCCS1. The lowest BCUT2D eigenvalue weighted by Gasteiger charge is -1.97. The fourth-order valence-corrected chi connectivity index (χ4v) is 3.01. The highest BCUT2D eigenvalue weighted by molar-refractivity contribution is 8.41. The molecule has 0 amide bonds. The van der Waals surface area contributed by atoms with E-state index in [1.54, 1.807) is 37.4 Å². The number of rotatable bonds is 4. The maximum atomic E-state index is 10.4. The first-order valence-electron chi connectivity index (χ1n) is 4.34. The molecule has 0 aromatic heterocycles. The molecule has 0 saturated carbocycles. The van der Waals surface area contributed by atoms with Gasteiger partial charge < -0.3 is 9.05 Å². The summed E-state index contributed by atoms with van der Waals surface area (Å²) < 4.78 is 20.4. The van der Waals surface area contributed by atoms with Gasteiger partial charge in [-0.05, 0) is 13.8 Å². The van der Waals surface area contributed by atoms with Gasteiger partial charge in [-0.2, -0.15) is 0 Å². The van der Waals surface area contributed by atoms with Crippen LogP contribution >= 0.6 is 31.8 Å². The predicted molar refractivity (Wildman–Crippen MR) is 64.9 cm³/mol. The Labute approximate surface area is 94.0 Å². The van der Waals surface area contributed by atoms with E-state index in [1.807, 2.05) is 0 Å². The summed E-state index contributed by atoms with van der Waals surface area (Å²) in [6, 6.07) is 0. The van der Waals surface area contributed by atoms with E-state index in [4.69, 9.17) is 5.41 Å². The predicted octanol–water partition coefficient (Wildman–Crippen LogP) is 2.85. The molecule has 0 aromatic carbocycles. The van der Waals surface area contributed by atoms with E-state index < -0.39 is 8.25 Å². The highest BCUT2D eigenvalue weighted by Crippen LogP contribution is 2.23. The monoisotopic (exact) mass is 257 g/mol. The van der Waals surface area contributed by atoms with Gasteiger partial charge in [0.15, 0.2) is 0 Å². The van der Waals surface area contributed by atoms with Gasteiger partial charge in [0.25, 0.3) is 0 Å². The van der Waals surface area contributed by atoms with E-state index in [0.717, 1.165) is 15.9 Å². The van der Waals surface area contributed by atoms with Gasteiger partial charge in [-0.25, -0.2) is 0 Å². The number of hydrogen-bond donors (Lipinski definition) is 1. The van der Waals surface area contributed by atoms with Crippen molar-refractivity contribution < 1.29 is 13.6 Å². The lowest BCUT2D eigenvalue weighted by molar-refractivity contribution is 0.243. The van der Waals surface area contributed by atoms with E-state index in [0.29, 0.717) is 13.2 Å². The molecule has 0 bridgehead atoms. The van der Waals surface area contributed by atoms with E-state index in [2.05, 4.69) is 9.05 Å². The molecule has 4 nitrogen and oxygen atoms in total. The van der Waals surface area contributed by atoms with Crippen molar-refractivity contribution in [1.29, 1.82) is 5.41 Å². The maximum Gasteiger partial charge on any atom is 0.319 e. The van der Waals surface area contributed by atoms with Gasteiger partial charge in [0, 0.05) is 11.5 Å². The van der Waals surface area contributed by atoms with Crippen LogP contribution in [0.15, 0.2) is 0 Å². The zero-order valence-corrected chi connectivity index (χ0v) is 11.0. The first-order chi connectivity index (χ1) is 6.70. The average Bonchev–Trinajstić information content (AvgIpc) is 2.58. The molecule has 0 unspecified atom stereocenters. The number of nitrogens with one attached hydrogen (secondary N) is 1. The molecule has 1 aliphatic heterocycles. The second-order valence-electron chi connectivity index (χ2n) is 2.10. The quantitative estimate of drug-likeness (QED) is 0.785. The minimum Gasteiger partial charge on any atom is -0.311 e. The van der Waals surface area contributed by atoms with Crippen molar-refractivity contribution in [2.75, 3.05) is 24.7 Å². The highest BCUT2D eigenvalue weighted by Gasteiger charge is 2.04. The van der Waals surface area contributed by atoms with Crippen molar-refractivity contribution in [3.63, 3.8) is 0 Å². The second kappa shape index (κ2) is 10.1. The third kappa shape index (κ3) is 9.09. The Kier molecular flexibility index (Phi) is 10.4. The molecular formula is C7H16NO3PS2. The maximum absolute atomic E-state index is 10.4. The van der Waals surface area contributed by atoms with Gasteiger partial charge in [0.1, 0.15) is 4.38 Å². The summed E-state index contributed by atoms with van der Waals surface area (Å²) in [6.07, 6.45) is 0. The molecule has 7 heteroatoms. The molecule has 1 heterocycles. The van der Waals surface area contributed by atoms with Gasteiger partial charge >= 0.3 is 8.25 Å². The third-order valence-electron chi connectivity index (χ3n) is 1.07. The summed E-state index contributed by atoms with van der Waals surface area (Å²) >= 11 is 3.29. The molecular weight excluding hydrogens is 241 g/mol. The fraction of sp³-hybridized carbons (Fsp3) is 0.857. The van der Waals surface area contributed by atoms with E-state index in [-0.39, 0.29) is 0 Å². The van der Waals surface area contributed by atoms with Crippen LogP contribution in [0, 0.1) is 5.41 Å². The van der Waals surface area contributed by atoms with Crippen molar-refractivity contribution in [2.45, 2.75) is 13.8 Å². The van der Waals surface area contributed by atoms with Crippen LogP contribution in [0.25, 0.3) is 0 Å². The average molecular weight is 257 g/mol.